The van der Waals surface area contributed by atoms with Crippen molar-refractivity contribution in [3.05, 3.63) is 65.6 Å². The minimum atomic E-state index is -0.127. The zero-order valence-corrected chi connectivity index (χ0v) is 18.5. The molecule has 2 amide bonds. The number of piperazine rings is 1. The predicted octanol–water partition coefficient (Wildman–Crippen LogP) is 4.72. The first-order valence-electron chi connectivity index (χ1n) is 10.4. The van der Waals surface area contributed by atoms with E-state index >= 15 is 0 Å². The maximum absolute atomic E-state index is 12.8. The highest BCUT2D eigenvalue weighted by molar-refractivity contribution is 7.08. The quantitative estimate of drug-likeness (QED) is 0.492. The summed E-state index contributed by atoms with van der Waals surface area (Å²) in [5.74, 6) is 1.51. The number of para-hydroxylation sites is 2. The number of carbonyl (C=O) groups excluding carboxylic acids is 1. The SMILES string of the molecule is COc1ccccc1NC(=O)N1CCN(c2ncc(-c3ccsc3)c3cccnc23)CC1. The number of hydrogen-bond acceptors (Lipinski definition) is 6. The van der Waals surface area contributed by atoms with Gasteiger partial charge in [0, 0.05) is 49.5 Å². The smallest absolute Gasteiger partial charge is 0.322 e. The van der Waals surface area contributed by atoms with Crippen LogP contribution in [-0.4, -0.2) is 54.2 Å². The molecule has 1 aliphatic heterocycles. The molecule has 0 atom stereocenters. The maximum atomic E-state index is 12.8. The van der Waals surface area contributed by atoms with Gasteiger partial charge >= 0.3 is 6.03 Å². The van der Waals surface area contributed by atoms with Crippen LogP contribution in [0.3, 0.4) is 0 Å². The Kier molecular flexibility index (Phi) is 5.60. The fraction of sp³-hybridized carbons (Fsp3) is 0.208. The number of pyridine rings is 2. The van der Waals surface area contributed by atoms with E-state index in [-0.39, 0.29) is 6.03 Å². The lowest BCUT2D eigenvalue weighted by Crippen LogP contribution is -2.50. The van der Waals surface area contributed by atoms with E-state index in [4.69, 9.17) is 9.72 Å². The molecular formula is C24H23N5O2S. The van der Waals surface area contributed by atoms with Crippen LogP contribution in [0.15, 0.2) is 65.6 Å². The molecular weight excluding hydrogens is 422 g/mol. The molecule has 8 heteroatoms. The maximum Gasteiger partial charge on any atom is 0.322 e. The largest absolute Gasteiger partial charge is 0.495 e. The first-order chi connectivity index (χ1) is 15.7. The minimum Gasteiger partial charge on any atom is -0.495 e. The summed E-state index contributed by atoms with van der Waals surface area (Å²) in [6, 6.07) is 13.5. The lowest BCUT2D eigenvalue weighted by atomic mass is 10.1. The Balaban J connectivity index is 1.32. The topological polar surface area (TPSA) is 70.6 Å². The Morgan fingerprint density at radius 2 is 1.91 bits per heavy atom. The first kappa shape index (κ1) is 20.3. The summed E-state index contributed by atoms with van der Waals surface area (Å²) in [4.78, 5) is 26.2. The molecule has 4 aromatic rings. The van der Waals surface area contributed by atoms with Crippen molar-refractivity contribution in [2.24, 2.45) is 0 Å². The summed E-state index contributed by atoms with van der Waals surface area (Å²) in [7, 11) is 1.60. The van der Waals surface area contributed by atoms with Crippen LogP contribution in [0.2, 0.25) is 0 Å². The molecule has 4 heterocycles. The Labute approximate surface area is 190 Å². The van der Waals surface area contributed by atoms with Crippen LogP contribution in [-0.2, 0) is 0 Å². The normalized spacial score (nSPS) is 13.9. The van der Waals surface area contributed by atoms with Gasteiger partial charge in [-0.3, -0.25) is 4.98 Å². The summed E-state index contributed by atoms with van der Waals surface area (Å²) >= 11 is 1.67. The van der Waals surface area contributed by atoms with Gasteiger partial charge in [-0.25, -0.2) is 9.78 Å². The number of benzene rings is 1. The van der Waals surface area contributed by atoms with Crippen LogP contribution in [0.25, 0.3) is 22.0 Å². The fourth-order valence-electron chi connectivity index (χ4n) is 4.00. The van der Waals surface area contributed by atoms with Gasteiger partial charge < -0.3 is 19.9 Å². The van der Waals surface area contributed by atoms with Crippen LogP contribution < -0.4 is 15.0 Å². The van der Waals surface area contributed by atoms with Crippen LogP contribution in [0.5, 0.6) is 5.75 Å². The predicted molar refractivity (Wildman–Crippen MR) is 129 cm³/mol. The number of methoxy groups -OCH3 is 1. The highest BCUT2D eigenvalue weighted by atomic mass is 32.1. The van der Waals surface area contributed by atoms with E-state index in [1.54, 1.807) is 18.4 Å². The van der Waals surface area contributed by atoms with Crippen LogP contribution in [0.4, 0.5) is 16.3 Å². The monoisotopic (exact) mass is 445 g/mol. The van der Waals surface area contributed by atoms with E-state index in [0.29, 0.717) is 37.6 Å². The Bertz CT molecular complexity index is 1240. The molecule has 1 fully saturated rings. The van der Waals surface area contributed by atoms with Crippen molar-refractivity contribution >= 4 is 39.8 Å². The average molecular weight is 446 g/mol. The molecule has 0 aliphatic carbocycles. The van der Waals surface area contributed by atoms with Crippen LogP contribution >= 0.6 is 11.3 Å². The van der Waals surface area contributed by atoms with E-state index in [0.717, 1.165) is 27.8 Å². The number of nitrogens with zero attached hydrogens (tertiary/aromatic N) is 4. The number of anilines is 2. The number of amides is 2. The number of urea groups is 1. The molecule has 0 radical (unpaired) electrons. The Morgan fingerprint density at radius 3 is 2.69 bits per heavy atom. The summed E-state index contributed by atoms with van der Waals surface area (Å²) in [5, 5.41) is 8.24. The molecule has 7 nitrogen and oxygen atoms in total. The van der Waals surface area contributed by atoms with E-state index < -0.39 is 0 Å². The van der Waals surface area contributed by atoms with E-state index in [1.165, 1.54) is 0 Å². The number of carbonyl (C=O) groups is 1. The third-order valence-electron chi connectivity index (χ3n) is 5.67. The van der Waals surface area contributed by atoms with Gasteiger partial charge in [0.2, 0.25) is 0 Å². The van der Waals surface area contributed by atoms with Gasteiger partial charge in [-0.2, -0.15) is 11.3 Å². The Hall–Kier alpha value is -3.65. The first-order valence-corrected chi connectivity index (χ1v) is 11.4. The summed E-state index contributed by atoms with van der Waals surface area (Å²) in [6.45, 7) is 2.58. The van der Waals surface area contributed by atoms with E-state index in [2.05, 4.69) is 38.1 Å². The zero-order chi connectivity index (χ0) is 21.9. The van der Waals surface area contributed by atoms with Crippen molar-refractivity contribution in [3.63, 3.8) is 0 Å². The zero-order valence-electron chi connectivity index (χ0n) is 17.7. The van der Waals surface area contributed by atoms with Gasteiger partial charge in [-0.05, 0) is 40.6 Å². The number of nitrogens with one attached hydrogen (secondary N) is 1. The number of thiophene rings is 1. The molecule has 0 bridgehead atoms. The van der Waals surface area contributed by atoms with E-state index in [1.807, 2.05) is 47.6 Å². The standard InChI is InChI=1S/C24H23N5O2S/c1-31-21-7-3-2-6-20(21)27-24(30)29-12-10-28(11-13-29)23-22-18(5-4-9-25-22)19(15-26-23)17-8-14-32-16-17/h2-9,14-16H,10-13H2,1H3,(H,27,30). The molecule has 3 aromatic heterocycles. The lowest BCUT2D eigenvalue weighted by molar-refractivity contribution is 0.208. The number of ether oxygens (including phenoxy) is 1. The number of aromatic nitrogens is 2. The molecule has 32 heavy (non-hydrogen) atoms. The second-order valence-corrected chi connectivity index (χ2v) is 8.29. The summed E-state index contributed by atoms with van der Waals surface area (Å²) < 4.78 is 5.33. The van der Waals surface area contributed by atoms with Gasteiger partial charge in [0.25, 0.3) is 0 Å². The van der Waals surface area contributed by atoms with Crippen LogP contribution in [0.1, 0.15) is 0 Å². The molecule has 0 spiro atoms. The minimum absolute atomic E-state index is 0.127. The number of rotatable bonds is 4. The third-order valence-corrected chi connectivity index (χ3v) is 6.36. The van der Waals surface area contributed by atoms with Crippen molar-refractivity contribution in [2.45, 2.75) is 0 Å². The van der Waals surface area contributed by atoms with Crippen molar-refractivity contribution < 1.29 is 9.53 Å². The van der Waals surface area contributed by atoms with Gasteiger partial charge in [0.15, 0.2) is 5.82 Å². The van der Waals surface area contributed by atoms with Gasteiger partial charge in [-0.1, -0.05) is 18.2 Å². The average Bonchev–Trinajstić information content (AvgIpc) is 3.38. The van der Waals surface area contributed by atoms with Gasteiger partial charge in [0.1, 0.15) is 11.3 Å². The van der Waals surface area contributed by atoms with Gasteiger partial charge in [-0.15, -0.1) is 0 Å². The second-order valence-electron chi connectivity index (χ2n) is 7.51. The molecule has 1 saturated heterocycles. The van der Waals surface area contributed by atoms with Crippen molar-refractivity contribution in [1.82, 2.24) is 14.9 Å². The number of hydrogen-bond donors (Lipinski definition) is 1. The molecule has 1 aromatic carbocycles. The number of fused-ring (bicyclic) bond motifs is 1. The van der Waals surface area contributed by atoms with Crippen molar-refractivity contribution in [3.8, 4) is 16.9 Å². The molecule has 5 rings (SSSR count). The fourth-order valence-corrected chi connectivity index (χ4v) is 4.66. The highest BCUT2D eigenvalue weighted by Crippen LogP contribution is 2.33. The summed E-state index contributed by atoms with van der Waals surface area (Å²) in [5.41, 5.74) is 3.81. The van der Waals surface area contributed by atoms with Crippen molar-refractivity contribution in [1.29, 1.82) is 0 Å². The molecule has 0 unspecified atom stereocenters. The van der Waals surface area contributed by atoms with E-state index in [9.17, 15) is 4.79 Å². The van der Waals surface area contributed by atoms with Crippen LogP contribution in [0, 0.1) is 0 Å². The highest BCUT2D eigenvalue weighted by Gasteiger charge is 2.24. The second kappa shape index (κ2) is 8.84. The molecule has 162 valence electrons. The Morgan fingerprint density at radius 1 is 1.06 bits per heavy atom. The molecule has 1 aliphatic rings. The molecule has 1 N–H and O–H groups in total. The lowest BCUT2D eigenvalue weighted by Gasteiger charge is -2.35. The third kappa shape index (κ3) is 3.85. The molecule has 0 saturated carbocycles. The van der Waals surface area contributed by atoms with Crippen molar-refractivity contribution in [2.75, 3.05) is 43.5 Å². The summed E-state index contributed by atoms with van der Waals surface area (Å²) in [6.07, 6.45) is 3.74. The van der Waals surface area contributed by atoms with Gasteiger partial charge in [0.05, 0.1) is 12.8 Å².